The maximum Gasteiger partial charge on any atom is 0.230 e. The summed E-state index contributed by atoms with van der Waals surface area (Å²) in [7, 11) is 0. The normalized spacial score (nSPS) is 18.4. The van der Waals surface area contributed by atoms with Crippen LogP contribution < -0.4 is 5.32 Å². The first-order valence-electron chi connectivity index (χ1n) is 11.5. The summed E-state index contributed by atoms with van der Waals surface area (Å²) in [4.78, 5) is 15.3. The van der Waals surface area contributed by atoms with E-state index in [1.807, 2.05) is 18.2 Å². The first-order chi connectivity index (χ1) is 15.8. The minimum atomic E-state index is 0.0420. The van der Waals surface area contributed by atoms with Gasteiger partial charge in [-0.2, -0.15) is 0 Å². The van der Waals surface area contributed by atoms with Gasteiger partial charge in [-0.3, -0.25) is 14.3 Å². The minimum Gasteiger partial charge on any atom is -0.349 e. The summed E-state index contributed by atoms with van der Waals surface area (Å²) < 4.78 is 2.10. The van der Waals surface area contributed by atoms with Gasteiger partial charge in [0.1, 0.15) is 0 Å². The van der Waals surface area contributed by atoms with E-state index in [4.69, 9.17) is 0 Å². The molecule has 0 radical (unpaired) electrons. The van der Waals surface area contributed by atoms with Crippen molar-refractivity contribution in [2.75, 3.05) is 18.8 Å². The van der Waals surface area contributed by atoms with E-state index < -0.39 is 0 Å². The molecular weight excluding hydrogens is 418 g/mol. The molecule has 1 amide bonds. The fourth-order valence-corrected chi connectivity index (χ4v) is 5.53. The summed E-state index contributed by atoms with van der Waals surface area (Å²) in [6.07, 6.45) is 5.68. The van der Waals surface area contributed by atoms with Crippen LogP contribution in [0.1, 0.15) is 48.7 Å². The second kappa shape index (κ2) is 9.88. The monoisotopic (exact) mass is 447 g/mol. The van der Waals surface area contributed by atoms with Gasteiger partial charge < -0.3 is 5.32 Å². The summed E-state index contributed by atoms with van der Waals surface area (Å²) >= 11 is 1.46. The fraction of sp³-hybridized carbons (Fsp3) is 0.400. The second-order valence-electron chi connectivity index (χ2n) is 8.55. The van der Waals surface area contributed by atoms with E-state index in [0.29, 0.717) is 5.75 Å². The maximum atomic E-state index is 12.8. The fourth-order valence-electron chi connectivity index (χ4n) is 4.74. The van der Waals surface area contributed by atoms with E-state index >= 15 is 0 Å². The number of aryl methyl sites for hydroxylation is 1. The van der Waals surface area contributed by atoms with E-state index in [-0.39, 0.29) is 11.9 Å². The highest BCUT2D eigenvalue weighted by atomic mass is 32.2. The number of rotatable bonds is 7. The third-order valence-electron chi connectivity index (χ3n) is 6.32. The third kappa shape index (κ3) is 4.74. The van der Waals surface area contributed by atoms with Crippen LogP contribution in [0.4, 0.5) is 0 Å². The van der Waals surface area contributed by atoms with Gasteiger partial charge in [-0.15, -0.1) is 10.2 Å². The van der Waals surface area contributed by atoms with Crippen molar-refractivity contribution < 1.29 is 4.79 Å². The van der Waals surface area contributed by atoms with Gasteiger partial charge in [0, 0.05) is 5.69 Å². The average Bonchev–Trinajstić information content (AvgIpc) is 3.49. The van der Waals surface area contributed by atoms with Gasteiger partial charge in [0.2, 0.25) is 5.91 Å². The molecule has 1 fully saturated rings. The van der Waals surface area contributed by atoms with Crippen LogP contribution in [0.5, 0.6) is 0 Å². The molecule has 1 aliphatic heterocycles. The lowest BCUT2D eigenvalue weighted by Crippen LogP contribution is -2.32. The summed E-state index contributed by atoms with van der Waals surface area (Å²) in [6.45, 7) is 3.00. The highest BCUT2D eigenvalue weighted by Crippen LogP contribution is 2.30. The Morgan fingerprint density at radius 2 is 1.78 bits per heavy atom. The van der Waals surface area contributed by atoms with Gasteiger partial charge in [0.15, 0.2) is 11.0 Å². The predicted octanol–water partition coefficient (Wildman–Crippen LogP) is 4.15. The summed E-state index contributed by atoms with van der Waals surface area (Å²) in [5.74, 6) is 1.30. The molecule has 1 saturated heterocycles. The largest absolute Gasteiger partial charge is 0.349 e. The summed E-state index contributed by atoms with van der Waals surface area (Å²) in [6, 6.07) is 18.8. The Morgan fingerprint density at radius 1 is 1.00 bits per heavy atom. The molecule has 2 heterocycles. The van der Waals surface area contributed by atoms with Crippen molar-refractivity contribution in [2.24, 2.45) is 0 Å². The van der Waals surface area contributed by atoms with E-state index in [1.54, 1.807) is 0 Å². The van der Waals surface area contributed by atoms with Crippen LogP contribution >= 0.6 is 11.8 Å². The smallest absolute Gasteiger partial charge is 0.230 e. The Balaban J connectivity index is 1.29. The number of benzene rings is 2. The molecule has 0 spiro atoms. The Hall–Kier alpha value is -2.64. The number of likely N-dealkylation sites (tertiary alicyclic amines) is 1. The molecule has 32 heavy (non-hydrogen) atoms. The van der Waals surface area contributed by atoms with Gasteiger partial charge in [0.25, 0.3) is 0 Å². The van der Waals surface area contributed by atoms with Crippen LogP contribution in [-0.2, 0) is 17.8 Å². The topological polar surface area (TPSA) is 63.1 Å². The molecule has 0 bridgehead atoms. The third-order valence-corrected chi connectivity index (χ3v) is 7.24. The number of aromatic nitrogens is 3. The Bertz CT molecular complexity index is 1060. The number of hydrogen-bond acceptors (Lipinski definition) is 5. The lowest BCUT2D eigenvalue weighted by Gasteiger charge is -2.26. The number of thioether (sulfide) groups is 1. The Labute approximate surface area is 193 Å². The summed E-state index contributed by atoms with van der Waals surface area (Å²) in [5, 5.41) is 13.0. The zero-order valence-electron chi connectivity index (χ0n) is 18.2. The number of fused-ring (bicyclic) bond motifs is 1. The first-order valence-corrected chi connectivity index (χ1v) is 12.5. The van der Waals surface area contributed by atoms with Crippen molar-refractivity contribution in [3.05, 3.63) is 71.5 Å². The number of nitrogens with zero attached hydrogens (tertiary/aromatic N) is 4. The number of para-hydroxylation sites is 1. The van der Waals surface area contributed by atoms with E-state index in [9.17, 15) is 4.79 Å². The van der Waals surface area contributed by atoms with E-state index in [2.05, 4.69) is 61.4 Å². The molecule has 166 valence electrons. The molecule has 0 unspecified atom stereocenters. The van der Waals surface area contributed by atoms with Gasteiger partial charge in [-0.25, -0.2) is 0 Å². The van der Waals surface area contributed by atoms with Crippen LogP contribution in [0.3, 0.4) is 0 Å². The van der Waals surface area contributed by atoms with Crippen LogP contribution in [0.2, 0.25) is 0 Å². The molecule has 2 aliphatic rings. The highest BCUT2D eigenvalue weighted by molar-refractivity contribution is 7.99. The lowest BCUT2D eigenvalue weighted by atomic mass is 9.88. The Morgan fingerprint density at radius 3 is 2.62 bits per heavy atom. The molecule has 6 nitrogen and oxygen atoms in total. The number of carbonyl (C=O) groups is 1. The lowest BCUT2D eigenvalue weighted by molar-refractivity contribution is -0.119. The zero-order valence-corrected chi connectivity index (χ0v) is 19.1. The van der Waals surface area contributed by atoms with E-state index in [0.717, 1.165) is 55.6 Å². The first kappa shape index (κ1) is 21.2. The van der Waals surface area contributed by atoms with Crippen molar-refractivity contribution in [1.82, 2.24) is 25.0 Å². The molecule has 3 aromatic rings. The molecule has 7 heteroatoms. The van der Waals surface area contributed by atoms with Gasteiger partial charge >= 0.3 is 0 Å². The molecule has 1 atom stereocenters. The van der Waals surface area contributed by atoms with Crippen LogP contribution in [-0.4, -0.2) is 44.4 Å². The molecule has 0 saturated carbocycles. The Kier molecular flexibility index (Phi) is 6.55. The number of nitrogens with one attached hydrogen (secondary N) is 1. The molecule has 1 aromatic heterocycles. The predicted molar refractivity (Wildman–Crippen MR) is 127 cm³/mol. The molecule has 2 aromatic carbocycles. The summed E-state index contributed by atoms with van der Waals surface area (Å²) in [5.41, 5.74) is 3.65. The van der Waals surface area contributed by atoms with Crippen molar-refractivity contribution in [3.63, 3.8) is 0 Å². The average molecular weight is 448 g/mol. The van der Waals surface area contributed by atoms with Gasteiger partial charge in [-0.1, -0.05) is 54.2 Å². The number of carbonyl (C=O) groups excluding carboxylic acids is 1. The van der Waals surface area contributed by atoms with Crippen molar-refractivity contribution in [1.29, 1.82) is 0 Å². The number of hydrogen-bond donors (Lipinski definition) is 1. The highest BCUT2D eigenvalue weighted by Gasteiger charge is 2.23. The second-order valence-corrected chi connectivity index (χ2v) is 9.50. The van der Waals surface area contributed by atoms with Crippen LogP contribution in [0.25, 0.3) is 5.69 Å². The van der Waals surface area contributed by atoms with Crippen LogP contribution in [0, 0.1) is 0 Å². The SMILES string of the molecule is O=C(CSc1nnc(CN2CCCC2)n1-c1ccccc1)N[C@H]1CCCc2ccccc21. The van der Waals surface area contributed by atoms with Gasteiger partial charge in [-0.05, 0) is 68.5 Å². The van der Waals surface area contributed by atoms with Crippen molar-refractivity contribution in [2.45, 2.75) is 49.8 Å². The maximum absolute atomic E-state index is 12.8. The molecule has 5 rings (SSSR count). The molecular formula is C25H29N5OS. The van der Waals surface area contributed by atoms with Crippen molar-refractivity contribution >= 4 is 17.7 Å². The molecule has 1 aliphatic carbocycles. The molecule has 1 N–H and O–H groups in total. The van der Waals surface area contributed by atoms with Crippen molar-refractivity contribution in [3.8, 4) is 5.69 Å². The standard InChI is InChI=1S/C25H29N5OS/c31-24(26-22-14-8-10-19-9-4-5-13-21(19)22)18-32-25-28-27-23(17-29-15-6-7-16-29)30(25)20-11-2-1-3-12-20/h1-5,9,11-13,22H,6-8,10,14-18H2,(H,26,31)/t22-/m0/s1. The van der Waals surface area contributed by atoms with Gasteiger partial charge in [0.05, 0.1) is 18.3 Å². The minimum absolute atomic E-state index is 0.0420. The quantitative estimate of drug-likeness (QED) is 0.552. The van der Waals surface area contributed by atoms with Crippen LogP contribution in [0.15, 0.2) is 59.8 Å². The zero-order chi connectivity index (χ0) is 21.8. The number of amides is 1. The van der Waals surface area contributed by atoms with E-state index in [1.165, 1.54) is 35.7 Å².